The maximum Gasteiger partial charge on any atom is 0.258 e. The molecule has 0 spiro atoms. The van der Waals surface area contributed by atoms with Gasteiger partial charge in [-0.15, -0.1) is 0 Å². The first kappa shape index (κ1) is 14.1. The molecule has 1 heterocycles. The number of nitrogens with zero attached hydrogens (tertiary/aromatic N) is 2. The molecule has 1 amide bonds. The minimum atomic E-state index is -0.465. The van der Waals surface area contributed by atoms with Crippen LogP contribution in [0.4, 0.5) is 10.2 Å². The second-order valence-corrected chi connectivity index (χ2v) is 5.58. The van der Waals surface area contributed by atoms with Crippen molar-refractivity contribution in [3.05, 3.63) is 46.9 Å². The van der Waals surface area contributed by atoms with Crippen molar-refractivity contribution in [2.24, 2.45) is 0 Å². The number of rotatable bonds is 3. The predicted octanol–water partition coefficient (Wildman–Crippen LogP) is 4.04. The van der Waals surface area contributed by atoms with Crippen LogP contribution in [-0.4, -0.2) is 15.7 Å². The summed E-state index contributed by atoms with van der Waals surface area (Å²) >= 11 is 5.91. The number of amides is 1. The summed E-state index contributed by atoms with van der Waals surface area (Å²) in [6, 6.07) is 5.82. The van der Waals surface area contributed by atoms with Crippen molar-refractivity contribution in [1.82, 2.24) is 9.78 Å². The summed E-state index contributed by atoms with van der Waals surface area (Å²) in [4.78, 5) is 12.3. The summed E-state index contributed by atoms with van der Waals surface area (Å²) in [5.74, 6) is -0.181. The minimum absolute atomic E-state index is 0.0967. The van der Waals surface area contributed by atoms with E-state index in [0.717, 1.165) is 18.9 Å². The maximum absolute atomic E-state index is 13.0. The largest absolute Gasteiger partial charge is 0.307 e. The first-order valence-electron chi connectivity index (χ1n) is 6.95. The zero-order valence-electron chi connectivity index (χ0n) is 11.4. The summed E-state index contributed by atoms with van der Waals surface area (Å²) in [7, 11) is 0. The molecule has 1 aromatic carbocycles. The first-order valence-corrected chi connectivity index (χ1v) is 7.33. The average molecular weight is 308 g/mol. The second-order valence-electron chi connectivity index (χ2n) is 5.18. The van der Waals surface area contributed by atoms with Gasteiger partial charge in [-0.2, -0.15) is 5.10 Å². The molecule has 2 aromatic rings. The molecule has 110 valence electrons. The molecule has 0 atom stereocenters. The lowest BCUT2D eigenvalue weighted by Crippen LogP contribution is -2.18. The third-order valence-electron chi connectivity index (χ3n) is 3.76. The minimum Gasteiger partial charge on any atom is -0.307 e. The lowest BCUT2D eigenvalue weighted by atomic mass is 10.2. The zero-order valence-corrected chi connectivity index (χ0v) is 12.1. The number of hydrogen-bond acceptors (Lipinski definition) is 2. The molecule has 0 bridgehead atoms. The SMILES string of the molecule is O=C(Nc1ccnn1C1CCCC1)c1ccc(F)cc1Cl. The van der Waals surface area contributed by atoms with Gasteiger partial charge < -0.3 is 5.32 Å². The fraction of sp³-hybridized carbons (Fsp3) is 0.333. The second kappa shape index (κ2) is 5.85. The van der Waals surface area contributed by atoms with Crippen LogP contribution in [0, 0.1) is 5.82 Å². The van der Waals surface area contributed by atoms with Gasteiger partial charge in [0.25, 0.3) is 5.91 Å². The van der Waals surface area contributed by atoms with Crippen molar-refractivity contribution in [2.75, 3.05) is 5.32 Å². The van der Waals surface area contributed by atoms with Gasteiger partial charge in [0.15, 0.2) is 0 Å². The van der Waals surface area contributed by atoms with Gasteiger partial charge in [0, 0.05) is 6.07 Å². The molecule has 0 unspecified atom stereocenters. The molecule has 1 saturated carbocycles. The Hall–Kier alpha value is -1.88. The van der Waals surface area contributed by atoms with Crippen LogP contribution in [0.3, 0.4) is 0 Å². The Balaban J connectivity index is 1.80. The number of halogens is 2. The Bertz CT molecular complexity index is 665. The summed E-state index contributed by atoms with van der Waals surface area (Å²) in [5, 5.41) is 7.19. The highest BCUT2D eigenvalue weighted by Gasteiger charge is 2.21. The molecular formula is C15H15ClFN3O. The molecule has 1 N–H and O–H groups in total. The van der Waals surface area contributed by atoms with Gasteiger partial charge >= 0.3 is 0 Å². The van der Waals surface area contributed by atoms with E-state index >= 15 is 0 Å². The monoisotopic (exact) mass is 307 g/mol. The van der Waals surface area contributed by atoms with Crippen LogP contribution in [-0.2, 0) is 0 Å². The third kappa shape index (κ3) is 2.93. The lowest BCUT2D eigenvalue weighted by Gasteiger charge is -2.15. The summed E-state index contributed by atoms with van der Waals surface area (Å²) in [6.45, 7) is 0. The van der Waals surface area contributed by atoms with Gasteiger partial charge in [-0.1, -0.05) is 24.4 Å². The van der Waals surface area contributed by atoms with Crippen LogP contribution in [0.1, 0.15) is 42.1 Å². The smallest absolute Gasteiger partial charge is 0.258 e. The predicted molar refractivity (Wildman–Crippen MR) is 79.1 cm³/mol. The fourth-order valence-corrected chi connectivity index (χ4v) is 2.96. The van der Waals surface area contributed by atoms with Gasteiger partial charge in [-0.3, -0.25) is 4.79 Å². The van der Waals surface area contributed by atoms with Crippen molar-refractivity contribution in [1.29, 1.82) is 0 Å². The van der Waals surface area contributed by atoms with Crippen molar-refractivity contribution in [3.63, 3.8) is 0 Å². The van der Waals surface area contributed by atoms with Gasteiger partial charge in [-0.05, 0) is 31.0 Å². The van der Waals surface area contributed by atoms with Crippen molar-refractivity contribution in [2.45, 2.75) is 31.7 Å². The Morgan fingerprint density at radius 1 is 1.33 bits per heavy atom. The van der Waals surface area contributed by atoms with E-state index in [1.165, 1.54) is 25.0 Å². The van der Waals surface area contributed by atoms with Gasteiger partial charge in [-0.25, -0.2) is 9.07 Å². The summed E-state index contributed by atoms with van der Waals surface area (Å²) < 4.78 is 14.9. The van der Waals surface area contributed by atoms with Crippen molar-refractivity contribution in [3.8, 4) is 0 Å². The third-order valence-corrected chi connectivity index (χ3v) is 4.07. The van der Waals surface area contributed by atoms with E-state index in [0.29, 0.717) is 11.9 Å². The first-order chi connectivity index (χ1) is 10.1. The number of carbonyl (C=O) groups excluding carboxylic acids is 1. The molecule has 4 nitrogen and oxygen atoms in total. The highest BCUT2D eigenvalue weighted by molar-refractivity contribution is 6.34. The molecule has 3 rings (SSSR count). The molecule has 1 aliphatic rings. The normalized spacial score (nSPS) is 15.3. The molecule has 0 radical (unpaired) electrons. The topological polar surface area (TPSA) is 46.9 Å². The number of benzene rings is 1. The van der Waals surface area contributed by atoms with Crippen molar-refractivity contribution >= 4 is 23.3 Å². The van der Waals surface area contributed by atoms with E-state index in [9.17, 15) is 9.18 Å². The van der Waals surface area contributed by atoms with Crippen molar-refractivity contribution < 1.29 is 9.18 Å². The lowest BCUT2D eigenvalue weighted by molar-refractivity contribution is 0.102. The molecule has 21 heavy (non-hydrogen) atoms. The number of aromatic nitrogens is 2. The molecule has 0 saturated heterocycles. The molecule has 0 aliphatic heterocycles. The van der Waals surface area contributed by atoms with E-state index in [1.54, 1.807) is 12.3 Å². The Labute approximate surface area is 126 Å². The molecule has 1 aliphatic carbocycles. The average Bonchev–Trinajstić information content (AvgIpc) is 3.08. The van der Waals surface area contributed by atoms with E-state index < -0.39 is 5.82 Å². The van der Waals surface area contributed by atoms with Crippen LogP contribution < -0.4 is 5.32 Å². The summed E-state index contributed by atoms with van der Waals surface area (Å²) in [5.41, 5.74) is 0.247. The Morgan fingerprint density at radius 3 is 2.81 bits per heavy atom. The van der Waals surface area contributed by atoms with Gasteiger partial charge in [0.1, 0.15) is 11.6 Å². The van der Waals surface area contributed by atoms with E-state index in [-0.39, 0.29) is 16.5 Å². The molecule has 1 aromatic heterocycles. The number of anilines is 1. The maximum atomic E-state index is 13.0. The van der Waals surface area contributed by atoms with E-state index in [2.05, 4.69) is 10.4 Å². The quantitative estimate of drug-likeness (QED) is 0.930. The van der Waals surface area contributed by atoms with Crippen LogP contribution in [0.15, 0.2) is 30.5 Å². The number of carbonyl (C=O) groups is 1. The van der Waals surface area contributed by atoms with Gasteiger partial charge in [0.05, 0.1) is 22.8 Å². The van der Waals surface area contributed by atoms with Crippen LogP contribution in [0.25, 0.3) is 0 Å². The highest BCUT2D eigenvalue weighted by atomic mass is 35.5. The highest BCUT2D eigenvalue weighted by Crippen LogP contribution is 2.31. The summed E-state index contributed by atoms with van der Waals surface area (Å²) in [6.07, 6.45) is 6.17. The number of nitrogens with one attached hydrogen (secondary N) is 1. The number of hydrogen-bond donors (Lipinski definition) is 1. The van der Waals surface area contributed by atoms with Crippen LogP contribution in [0.5, 0.6) is 0 Å². The molecule has 6 heteroatoms. The molecule has 1 fully saturated rings. The van der Waals surface area contributed by atoms with E-state index in [1.807, 2.05) is 4.68 Å². The van der Waals surface area contributed by atoms with Crippen LogP contribution in [0.2, 0.25) is 5.02 Å². The zero-order chi connectivity index (χ0) is 14.8. The fourth-order valence-electron chi connectivity index (χ4n) is 2.71. The standard InChI is InChI=1S/C15H15ClFN3O/c16-13-9-10(17)5-6-12(13)15(21)19-14-7-8-18-20(14)11-3-1-2-4-11/h5-9,11H,1-4H2,(H,19,21). The van der Waals surface area contributed by atoms with Crippen LogP contribution >= 0.6 is 11.6 Å². The molecular weight excluding hydrogens is 293 g/mol. The van der Waals surface area contributed by atoms with Gasteiger partial charge in [0.2, 0.25) is 0 Å². The Morgan fingerprint density at radius 2 is 2.10 bits per heavy atom. The Kier molecular flexibility index (Phi) is 3.92. The van der Waals surface area contributed by atoms with E-state index in [4.69, 9.17) is 11.6 Å².